The fourth-order valence-electron chi connectivity index (χ4n) is 1.82. The molecule has 0 radical (unpaired) electrons. The van der Waals surface area contributed by atoms with Crippen LogP contribution in [0.25, 0.3) is 0 Å². The Bertz CT molecular complexity index is 622. The van der Waals surface area contributed by atoms with Crippen molar-refractivity contribution in [2.75, 3.05) is 24.8 Å². The first-order valence-electron chi connectivity index (χ1n) is 6.25. The van der Waals surface area contributed by atoms with Gasteiger partial charge in [-0.05, 0) is 21.5 Å². The van der Waals surface area contributed by atoms with Gasteiger partial charge in [-0.2, -0.15) is 0 Å². The monoisotopic (exact) mass is 350 g/mol. The number of hydrogen-bond donors (Lipinski definition) is 2. The van der Waals surface area contributed by atoms with Gasteiger partial charge in [0.25, 0.3) is 0 Å². The van der Waals surface area contributed by atoms with Crippen LogP contribution in [0.15, 0.2) is 41.1 Å². The van der Waals surface area contributed by atoms with Crippen LogP contribution in [0.2, 0.25) is 0 Å². The molecule has 0 saturated carbocycles. The van der Waals surface area contributed by atoms with E-state index in [-0.39, 0.29) is 0 Å². The van der Waals surface area contributed by atoms with Gasteiger partial charge < -0.3 is 15.4 Å². The molecular formula is C14H15BrN4O2. The lowest BCUT2D eigenvalue weighted by Gasteiger charge is -2.18. The molecule has 21 heavy (non-hydrogen) atoms. The van der Waals surface area contributed by atoms with Crippen molar-refractivity contribution < 1.29 is 9.53 Å². The predicted octanol–water partition coefficient (Wildman–Crippen LogP) is 2.61. The van der Waals surface area contributed by atoms with Gasteiger partial charge in [-0.25, -0.2) is 14.8 Å². The Morgan fingerprint density at radius 2 is 1.90 bits per heavy atom. The summed E-state index contributed by atoms with van der Waals surface area (Å²) in [5.74, 6) is 0.746. The number of esters is 1. The zero-order chi connectivity index (χ0) is 15.2. The van der Waals surface area contributed by atoms with E-state index in [1.165, 1.54) is 13.4 Å². The van der Waals surface area contributed by atoms with E-state index in [2.05, 4.69) is 36.5 Å². The molecule has 1 heterocycles. The van der Waals surface area contributed by atoms with Crippen LogP contribution in [0.4, 0.5) is 11.6 Å². The van der Waals surface area contributed by atoms with Gasteiger partial charge in [0.15, 0.2) is 6.04 Å². The molecule has 1 aromatic heterocycles. The van der Waals surface area contributed by atoms with Crippen molar-refractivity contribution in [1.29, 1.82) is 0 Å². The minimum atomic E-state index is -0.646. The zero-order valence-corrected chi connectivity index (χ0v) is 13.2. The van der Waals surface area contributed by atoms with Crippen LogP contribution in [0.5, 0.6) is 0 Å². The first-order chi connectivity index (χ1) is 10.2. The summed E-state index contributed by atoms with van der Waals surface area (Å²) >= 11 is 3.41. The molecule has 1 unspecified atom stereocenters. The fraction of sp³-hybridized carbons (Fsp3) is 0.214. The molecule has 0 aliphatic heterocycles. The van der Waals surface area contributed by atoms with Gasteiger partial charge in [0.1, 0.15) is 22.4 Å². The van der Waals surface area contributed by atoms with Crippen LogP contribution in [0.1, 0.15) is 11.6 Å². The Morgan fingerprint density at radius 3 is 2.52 bits per heavy atom. The average molecular weight is 351 g/mol. The van der Waals surface area contributed by atoms with Crippen molar-refractivity contribution in [2.24, 2.45) is 0 Å². The molecule has 7 heteroatoms. The van der Waals surface area contributed by atoms with E-state index in [4.69, 9.17) is 4.74 Å². The number of halogens is 1. The summed E-state index contributed by atoms with van der Waals surface area (Å²) in [4.78, 5) is 20.3. The molecular weight excluding hydrogens is 336 g/mol. The lowest BCUT2D eigenvalue weighted by Crippen LogP contribution is -2.23. The quantitative estimate of drug-likeness (QED) is 0.807. The van der Waals surface area contributed by atoms with Crippen molar-refractivity contribution in [3.05, 3.63) is 46.7 Å². The summed E-state index contributed by atoms with van der Waals surface area (Å²) in [6.07, 6.45) is 1.41. The standard InChI is InChI=1S/C14H15BrN4O2/c1-16-12-10(15)13(18-8-17-12)19-11(14(20)21-2)9-6-4-3-5-7-9/h3-8,11H,1-2H3,(H2,16,17,18,19). The van der Waals surface area contributed by atoms with E-state index < -0.39 is 12.0 Å². The number of nitrogens with one attached hydrogen (secondary N) is 2. The summed E-state index contributed by atoms with van der Waals surface area (Å²) in [6.45, 7) is 0. The highest BCUT2D eigenvalue weighted by molar-refractivity contribution is 9.10. The van der Waals surface area contributed by atoms with E-state index in [0.717, 1.165) is 5.56 Å². The van der Waals surface area contributed by atoms with E-state index >= 15 is 0 Å². The molecule has 0 spiro atoms. The molecule has 0 aliphatic carbocycles. The fourth-order valence-corrected chi connectivity index (χ4v) is 2.34. The van der Waals surface area contributed by atoms with Gasteiger partial charge in [0, 0.05) is 7.05 Å². The molecule has 1 aromatic carbocycles. The van der Waals surface area contributed by atoms with Crippen LogP contribution < -0.4 is 10.6 Å². The third kappa shape index (κ3) is 3.49. The van der Waals surface area contributed by atoms with Crippen LogP contribution in [0, 0.1) is 0 Å². The third-order valence-corrected chi connectivity index (χ3v) is 3.63. The Kier molecular flexibility index (Phi) is 5.10. The lowest BCUT2D eigenvalue weighted by molar-refractivity contribution is -0.141. The van der Waals surface area contributed by atoms with E-state index in [9.17, 15) is 4.79 Å². The molecule has 2 rings (SSSR count). The van der Waals surface area contributed by atoms with Crippen LogP contribution in [-0.2, 0) is 9.53 Å². The van der Waals surface area contributed by atoms with Gasteiger partial charge in [-0.3, -0.25) is 0 Å². The Balaban J connectivity index is 2.34. The highest BCUT2D eigenvalue weighted by Gasteiger charge is 2.23. The molecule has 0 aliphatic rings. The Hall–Kier alpha value is -2.15. The molecule has 6 nitrogen and oxygen atoms in total. The van der Waals surface area contributed by atoms with Crippen molar-refractivity contribution in [3.8, 4) is 0 Å². The smallest absolute Gasteiger partial charge is 0.333 e. The van der Waals surface area contributed by atoms with Gasteiger partial charge in [-0.1, -0.05) is 30.3 Å². The topological polar surface area (TPSA) is 76.1 Å². The highest BCUT2D eigenvalue weighted by atomic mass is 79.9. The molecule has 0 fully saturated rings. The SMILES string of the molecule is CNc1ncnc(NC(C(=O)OC)c2ccccc2)c1Br. The van der Waals surface area contributed by atoms with Crippen molar-refractivity contribution in [3.63, 3.8) is 0 Å². The summed E-state index contributed by atoms with van der Waals surface area (Å²) in [5.41, 5.74) is 0.792. The number of hydrogen-bond acceptors (Lipinski definition) is 6. The second-order valence-electron chi connectivity index (χ2n) is 4.15. The lowest BCUT2D eigenvalue weighted by atomic mass is 10.1. The Labute approximate surface area is 131 Å². The second kappa shape index (κ2) is 7.03. The first-order valence-corrected chi connectivity index (χ1v) is 7.04. The molecule has 0 amide bonds. The van der Waals surface area contributed by atoms with Crippen LogP contribution in [0.3, 0.4) is 0 Å². The first kappa shape index (κ1) is 15.2. The number of benzene rings is 1. The molecule has 1 atom stereocenters. The van der Waals surface area contributed by atoms with Crippen molar-refractivity contribution in [1.82, 2.24) is 9.97 Å². The highest BCUT2D eigenvalue weighted by Crippen LogP contribution is 2.29. The number of anilines is 2. The molecule has 2 aromatic rings. The minimum absolute atomic E-state index is 0.391. The molecule has 110 valence electrons. The summed E-state index contributed by atoms with van der Waals surface area (Å²) in [5, 5.41) is 6.01. The molecule has 2 N–H and O–H groups in total. The third-order valence-electron chi connectivity index (χ3n) is 2.88. The van der Waals surface area contributed by atoms with E-state index in [1.807, 2.05) is 30.3 Å². The van der Waals surface area contributed by atoms with E-state index in [0.29, 0.717) is 16.1 Å². The number of carbonyl (C=O) groups is 1. The number of ether oxygens (including phenoxy) is 1. The van der Waals surface area contributed by atoms with E-state index in [1.54, 1.807) is 7.05 Å². The van der Waals surface area contributed by atoms with Crippen molar-refractivity contribution in [2.45, 2.75) is 6.04 Å². The molecule has 0 saturated heterocycles. The van der Waals surface area contributed by atoms with Crippen molar-refractivity contribution >= 4 is 33.5 Å². The maximum Gasteiger partial charge on any atom is 0.333 e. The summed E-state index contributed by atoms with van der Waals surface area (Å²) < 4.78 is 5.51. The Morgan fingerprint density at radius 1 is 1.24 bits per heavy atom. The normalized spacial score (nSPS) is 11.6. The average Bonchev–Trinajstić information content (AvgIpc) is 2.54. The summed E-state index contributed by atoms with van der Waals surface area (Å²) in [7, 11) is 3.11. The maximum absolute atomic E-state index is 12.0. The van der Waals surface area contributed by atoms with Gasteiger partial charge >= 0.3 is 5.97 Å². The van der Waals surface area contributed by atoms with Crippen LogP contribution in [-0.4, -0.2) is 30.1 Å². The maximum atomic E-state index is 12.0. The minimum Gasteiger partial charge on any atom is -0.467 e. The largest absolute Gasteiger partial charge is 0.467 e. The number of aromatic nitrogens is 2. The predicted molar refractivity (Wildman–Crippen MR) is 84.1 cm³/mol. The van der Waals surface area contributed by atoms with Gasteiger partial charge in [-0.15, -0.1) is 0 Å². The second-order valence-corrected chi connectivity index (χ2v) is 4.94. The zero-order valence-electron chi connectivity index (χ0n) is 11.6. The van der Waals surface area contributed by atoms with Gasteiger partial charge in [0.2, 0.25) is 0 Å². The molecule has 0 bridgehead atoms. The number of nitrogens with zero attached hydrogens (tertiary/aromatic N) is 2. The van der Waals surface area contributed by atoms with Crippen LogP contribution >= 0.6 is 15.9 Å². The summed E-state index contributed by atoms with van der Waals surface area (Å²) in [6, 6.07) is 8.66. The number of rotatable bonds is 5. The van der Waals surface area contributed by atoms with Gasteiger partial charge in [0.05, 0.1) is 7.11 Å². The number of carbonyl (C=O) groups excluding carboxylic acids is 1. The number of methoxy groups -OCH3 is 1.